The zero-order chi connectivity index (χ0) is 16.5. The normalized spacial score (nSPS) is 13.0. The summed E-state index contributed by atoms with van der Waals surface area (Å²) in [5.74, 6) is 0. The van der Waals surface area contributed by atoms with E-state index < -0.39 is 6.04 Å². The van der Waals surface area contributed by atoms with Crippen molar-refractivity contribution in [2.45, 2.75) is 83.6 Å². The third kappa shape index (κ3) is 13.5. The maximum Gasteiger partial charge on any atom is 0.216 e. The van der Waals surface area contributed by atoms with Crippen LogP contribution in [0.3, 0.4) is 0 Å². The predicted molar refractivity (Wildman–Crippen MR) is 91.2 cm³/mol. The SMILES string of the molecule is CCC=CCCC(CC=CCCCCCCC[C]=O)[N+](=O)[O-]. The van der Waals surface area contributed by atoms with Crippen LogP contribution >= 0.6 is 0 Å². The molecular formula is C18H30NO3. The van der Waals surface area contributed by atoms with Gasteiger partial charge in [0.1, 0.15) is 0 Å². The van der Waals surface area contributed by atoms with Crippen LogP contribution < -0.4 is 0 Å². The zero-order valence-corrected chi connectivity index (χ0v) is 13.8. The molecule has 0 spiro atoms. The molecule has 0 aliphatic carbocycles. The highest BCUT2D eigenvalue weighted by Gasteiger charge is 2.16. The van der Waals surface area contributed by atoms with Crippen molar-refractivity contribution in [1.82, 2.24) is 0 Å². The lowest BCUT2D eigenvalue weighted by Crippen LogP contribution is -2.18. The molecule has 0 fully saturated rings. The smallest absolute Gasteiger partial charge is 0.216 e. The van der Waals surface area contributed by atoms with E-state index >= 15 is 0 Å². The average molecular weight is 308 g/mol. The Morgan fingerprint density at radius 3 is 2.36 bits per heavy atom. The Labute approximate surface area is 134 Å². The molecule has 1 atom stereocenters. The van der Waals surface area contributed by atoms with Crippen LogP contribution in [0.4, 0.5) is 0 Å². The first kappa shape index (κ1) is 20.6. The van der Waals surface area contributed by atoms with Crippen LogP contribution in [0.2, 0.25) is 0 Å². The molecule has 22 heavy (non-hydrogen) atoms. The van der Waals surface area contributed by atoms with Gasteiger partial charge in [0.15, 0.2) is 6.29 Å². The van der Waals surface area contributed by atoms with Gasteiger partial charge in [-0.2, -0.15) is 0 Å². The fraction of sp³-hybridized carbons (Fsp3) is 0.722. The third-order valence-electron chi connectivity index (χ3n) is 3.59. The molecule has 4 nitrogen and oxygen atoms in total. The van der Waals surface area contributed by atoms with Gasteiger partial charge in [0.05, 0.1) is 0 Å². The van der Waals surface area contributed by atoms with Crippen LogP contribution in [0, 0.1) is 10.1 Å². The summed E-state index contributed by atoms with van der Waals surface area (Å²) in [7, 11) is 0. The number of nitro groups is 1. The van der Waals surface area contributed by atoms with Crippen molar-refractivity contribution in [1.29, 1.82) is 0 Å². The molecule has 0 bridgehead atoms. The van der Waals surface area contributed by atoms with Crippen molar-refractivity contribution >= 4 is 6.29 Å². The fourth-order valence-electron chi connectivity index (χ4n) is 2.24. The molecule has 0 N–H and O–H groups in total. The van der Waals surface area contributed by atoms with Crippen LogP contribution in [0.25, 0.3) is 0 Å². The quantitative estimate of drug-likeness (QED) is 0.181. The second kappa shape index (κ2) is 15.9. The molecule has 1 radical (unpaired) electrons. The average Bonchev–Trinajstić information content (AvgIpc) is 2.50. The standard InChI is InChI=1S/C18H30NO3/c1-2-3-4-12-15-18(19(21)22)16-13-10-8-6-5-7-9-11-14-17-20/h3-4,10,13,18H,2,5-9,11-12,14-16H2,1H3. The molecule has 0 heterocycles. The first-order valence-corrected chi connectivity index (χ1v) is 8.50. The van der Waals surface area contributed by atoms with Crippen LogP contribution in [-0.2, 0) is 4.79 Å². The van der Waals surface area contributed by atoms with E-state index in [1.807, 2.05) is 18.4 Å². The van der Waals surface area contributed by atoms with Crippen LogP contribution in [0.1, 0.15) is 77.6 Å². The molecule has 1 unspecified atom stereocenters. The first-order valence-electron chi connectivity index (χ1n) is 8.50. The van der Waals surface area contributed by atoms with E-state index in [4.69, 9.17) is 0 Å². The maximum absolute atomic E-state index is 11.0. The Balaban J connectivity index is 3.66. The van der Waals surface area contributed by atoms with Gasteiger partial charge in [-0.1, -0.05) is 50.5 Å². The molecule has 4 heteroatoms. The molecule has 0 aromatic heterocycles. The number of hydrogen-bond acceptors (Lipinski definition) is 3. The Hall–Kier alpha value is -1.45. The van der Waals surface area contributed by atoms with E-state index in [0.29, 0.717) is 19.3 Å². The van der Waals surface area contributed by atoms with Crippen LogP contribution in [0.5, 0.6) is 0 Å². The zero-order valence-electron chi connectivity index (χ0n) is 13.8. The van der Waals surface area contributed by atoms with E-state index in [1.54, 1.807) is 0 Å². The fourth-order valence-corrected chi connectivity index (χ4v) is 2.24. The van der Waals surface area contributed by atoms with Gasteiger partial charge in [0.25, 0.3) is 0 Å². The lowest BCUT2D eigenvalue weighted by atomic mass is 10.1. The summed E-state index contributed by atoms with van der Waals surface area (Å²) in [6.45, 7) is 2.06. The number of hydrogen-bond donors (Lipinski definition) is 0. The highest BCUT2D eigenvalue weighted by Crippen LogP contribution is 2.10. The molecule has 0 aromatic rings. The molecule has 0 saturated carbocycles. The second-order valence-electron chi connectivity index (χ2n) is 5.55. The molecular weight excluding hydrogens is 278 g/mol. The molecule has 0 aliphatic rings. The van der Waals surface area contributed by atoms with Gasteiger partial charge in [0.2, 0.25) is 6.04 Å². The van der Waals surface area contributed by atoms with Crippen molar-refractivity contribution in [3.05, 3.63) is 34.4 Å². The summed E-state index contributed by atoms with van der Waals surface area (Å²) in [5, 5.41) is 11.0. The Bertz CT molecular complexity index is 337. The minimum atomic E-state index is -0.461. The molecule has 125 valence electrons. The van der Waals surface area contributed by atoms with Gasteiger partial charge in [-0.3, -0.25) is 14.9 Å². The van der Waals surface area contributed by atoms with Gasteiger partial charge in [-0.25, -0.2) is 0 Å². The first-order chi connectivity index (χ1) is 10.7. The summed E-state index contributed by atoms with van der Waals surface area (Å²) in [4.78, 5) is 20.8. The van der Waals surface area contributed by atoms with Crippen molar-refractivity contribution in [3.8, 4) is 0 Å². The number of allylic oxidation sites excluding steroid dienone is 3. The predicted octanol–water partition coefficient (Wildman–Crippen LogP) is 5.16. The van der Waals surface area contributed by atoms with Crippen LogP contribution in [0.15, 0.2) is 24.3 Å². The van der Waals surface area contributed by atoms with E-state index in [9.17, 15) is 14.9 Å². The van der Waals surface area contributed by atoms with E-state index in [2.05, 4.69) is 19.1 Å². The minimum Gasteiger partial charge on any atom is -0.291 e. The lowest BCUT2D eigenvalue weighted by Gasteiger charge is -2.05. The van der Waals surface area contributed by atoms with Gasteiger partial charge in [0, 0.05) is 24.2 Å². The Kier molecular flexibility index (Phi) is 14.9. The Morgan fingerprint density at radius 1 is 1.00 bits per heavy atom. The summed E-state index contributed by atoms with van der Waals surface area (Å²) < 4.78 is 0. The number of nitrogens with zero attached hydrogens (tertiary/aromatic N) is 1. The van der Waals surface area contributed by atoms with Gasteiger partial charge >= 0.3 is 0 Å². The van der Waals surface area contributed by atoms with Gasteiger partial charge in [-0.05, 0) is 32.1 Å². The van der Waals surface area contributed by atoms with Crippen molar-refractivity contribution in [2.75, 3.05) is 0 Å². The van der Waals surface area contributed by atoms with Gasteiger partial charge < -0.3 is 0 Å². The van der Waals surface area contributed by atoms with Crippen molar-refractivity contribution in [3.63, 3.8) is 0 Å². The highest BCUT2D eigenvalue weighted by molar-refractivity contribution is 5.50. The van der Waals surface area contributed by atoms with E-state index in [0.717, 1.165) is 51.4 Å². The second-order valence-corrected chi connectivity index (χ2v) is 5.55. The molecule has 0 aromatic carbocycles. The molecule has 0 saturated heterocycles. The maximum atomic E-state index is 11.0. The van der Waals surface area contributed by atoms with Crippen LogP contribution in [-0.4, -0.2) is 17.3 Å². The summed E-state index contributed by atoms with van der Waals surface area (Å²) in [5.41, 5.74) is 0. The van der Waals surface area contributed by atoms with Crippen molar-refractivity contribution < 1.29 is 9.72 Å². The number of rotatable bonds is 15. The Morgan fingerprint density at radius 2 is 1.68 bits per heavy atom. The van der Waals surface area contributed by atoms with E-state index in [-0.39, 0.29) is 4.92 Å². The number of unbranched alkanes of at least 4 members (excludes halogenated alkanes) is 6. The lowest BCUT2D eigenvalue weighted by molar-refractivity contribution is -0.522. The van der Waals surface area contributed by atoms with Gasteiger partial charge in [-0.15, -0.1) is 0 Å². The summed E-state index contributed by atoms with van der Waals surface area (Å²) >= 11 is 0. The minimum absolute atomic E-state index is 0.159. The van der Waals surface area contributed by atoms with Crippen molar-refractivity contribution in [2.24, 2.45) is 0 Å². The topological polar surface area (TPSA) is 60.2 Å². The number of carbonyl (C=O) groups excluding carboxylic acids is 1. The largest absolute Gasteiger partial charge is 0.291 e. The molecule has 0 rings (SSSR count). The monoisotopic (exact) mass is 308 g/mol. The third-order valence-corrected chi connectivity index (χ3v) is 3.59. The highest BCUT2D eigenvalue weighted by atomic mass is 16.6. The van der Waals surface area contributed by atoms with E-state index in [1.165, 1.54) is 0 Å². The summed E-state index contributed by atoms with van der Waals surface area (Å²) in [6, 6.07) is -0.461. The molecule has 0 amide bonds. The summed E-state index contributed by atoms with van der Waals surface area (Å²) in [6.07, 6.45) is 19.9. The molecule has 0 aliphatic heterocycles.